The molecule has 1 fully saturated rings. The van der Waals surface area contributed by atoms with Crippen molar-refractivity contribution >= 4 is 16.8 Å². The van der Waals surface area contributed by atoms with Gasteiger partial charge in [-0.15, -0.1) is 0 Å². The van der Waals surface area contributed by atoms with Crippen LogP contribution in [0.25, 0.3) is 10.9 Å². The molecule has 2 aromatic heterocycles. The number of nitrogens with one attached hydrogen (secondary N) is 2. The molecule has 1 aliphatic heterocycles. The molecule has 1 aliphatic carbocycles. The molecule has 6 heteroatoms. The number of H-pyrrole nitrogens is 2. The maximum absolute atomic E-state index is 12.8. The Kier molecular flexibility index (Phi) is 3.36. The molecule has 0 bridgehead atoms. The summed E-state index contributed by atoms with van der Waals surface area (Å²) in [5.74, 6) is 0.819. The molecule has 2 aliphatic rings. The third-order valence-corrected chi connectivity index (χ3v) is 5.43. The van der Waals surface area contributed by atoms with Crippen LogP contribution < -0.4 is 0 Å². The number of rotatable bonds is 3. The molecule has 1 amide bonds. The van der Waals surface area contributed by atoms with Crippen LogP contribution in [0.1, 0.15) is 41.4 Å². The number of amides is 1. The molecule has 5 rings (SSSR count). The van der Waals surface area contributed by atoms with Gasteiger partial charge in [0.15, 0.2) is 0 Å². The molecular weight excluding hydrogens is 314 g/mol. The van der Waals surface area contributed by atoms with Gasteiger partial charge in [0.2, 0.25) is 5.91 Å². The molecule has 1 aromatic carbocycles. The van der Waals surface area contributed by atoms with Crippen LogP contribution in [0.15, 0.2) is 24.3 Å². The topological polar surface area (TPSA) is 77.7 Å². The Balaban J connectivity index is 1.31. The Morgan fingerprint density at radius 3 is 2.84 bits per heavy atom. The fourth-order valence-electron chi connectivity index (χ4n) is 3.86. The molecule has 3 heterocycles. The molecule has 0 radical (unpaired) electrons. The summed E-state index contributed by atoms with van der Waals surface area (Å²) in [5.41, 5.74) is 5.66. The van der Waals surface area contributed by atoms with Crippen molar-refractivity contribution in [2.75, 3.05) is 13.1 Å². The van der Waals surface area contributed by atoms with Crippen molar-refractivity contribution in [1.82, 2.24) is 25.3 Å². The van der Waals surface area contributed by atoms with E-state index in [1.807, 2.05) is 29.2 Å². The molecule has 1 saturated carbocycles. The van der Waals surface area contributed by atoms with Crippen molar-refractivity contribution in [1.29, 1.82) is 0 Å². The van der Waals surface area contributed by atoms with Crippen LogP contribution in [0, 0.1) is 0 Å². The predicted octanol–water partition coefficient (Wildman–Crippen LogP) is 2.33. The van der Waals surface area contributed by atoms with Crippen molar-refractivity contribution in [3.05, 3.63) is 46.9 Å². The molecule has 25 heavy (non-hydrogen) atoms. The highest BCUT2D eigenvalue weighted by Crippen LogP contribution is 2.41. The zero-order valence-corrected chi connectivity index (χ0v) is 14.1. The molecule has 2 N–H and O–H groups in total. The highest BCUT2D eigenvalue weighted by molar-refractivity contribution is 5.87. The van der Waals surface area contributed by atoms with Gasteiger partial charge in [0.1, 0.15) is 0 Å². The highest BCUT2D eigenvalue weighted by Gasteiger charge is 2.31. The Morgan fingerprint density at radius 2 is 1.96 bits per heavy atom. The predicted molar refractivity (Wildman–Crippen MR) is 94.3 cm³/mol. The molecule has 6 nitrogen and oxygen atoms in total. The van der Waals surface area contributed by atoms with Gasteiger partial charge in [-0.1, -0.05) is 18.2 Å². The Morgan fingerprint density at radius 1 is 1.12 bits per heavy atom. The van der Waals surface area contributed by atoms with Gasteiger partial charge < -0.3 is 4.90 Å². The molecule has 0 spiro atoms. The van der Waals surface area contributed by atoms with Crippen molar-refractivity contribution in [2.24, 2.45) is 0 Å². The second-order valence-electron chi connectivity index (χ2n) is 7.12. The summed E-state index contributed by atoms with van der Waals surface area (Å²) in [6.45, 7) is 1.53. The van der Waals surface area contributed by atoms with E-state index in [0.717, 1.165) is 42.5 Å². The molecular formula is C19H21N5O. The standard InChI is InChI=1S/C19H21N5O/c25-18(11-17-13-3-1-2-4-15(13)20-22-17)24-9-7-14-16(8-10-24)21-23-19(14)12-5-6-12/h1-4,12H,5-11H2,(H,20,22)(H,21,23). The lowest BCUT2D eigenvalue weighted by Crippen LogP contribution is -2.34. The van der Waals surface area contributed by atoms with Gasteiger partial charge >= 0.3 is 0 Å². The lowest BCUT2D eigenvalue weighted by atomic mass is 10.1. The van der Waals surface area contributed by atoms with Gasteiger partial charge in [-0.25, -0.2) is 0 Å². The van der Waals surface area contributed by atoms with Gasteiger partial charge in [0.25, 0.3) is 0 Å². The SMILES string of the molecule is O=C(Cc1[nH]nc2ccccc12)N1CCc2[nH]nc(C3CC3)c2CC1. The minimum absolute atomic E-state index is 0.167. The van der Waals surface area contributed by atoms with Crippen molar-refractivity contribution in [2.45, 2.75) is 38.0 Å². The second-order valence-corrected chi connectivity index (χ2v) is 7.12. The first-order chi connectivity index (χ1) is 12.3. The quantitative estimate of drug-likeness (QED) is 0.771. The Bertz CT molecular complexity index is 936. The number of aromatic amines is 2. The lowest BCUT2D eigenvalue weighted by Gasteiger charge is -2.20. The average Bonchev–Trinajstić information content (AvgIpc) is 3.34. The van der Waals surface area contributed by atoms with Crippen LogP contribution in [0.4, 0.5) is 0 Å². The first-order valence-corrected chi connectivity index (χ1v) is 9.05. The number of carbonyl (C=O) groups excluding carboxylic acids is 1. The third kappa shape index (κ3) is 2.62. The van der Waals surface area contributed by atoms with E-state index in [1.165, 1.54) is 29.8 Å². The maximum Gasteiger partial charge on any atom is 0.228 e. The van der Waals surface area contributed by atoms with E-state index in [0.29, 0.717) is 12.3 Å². The summed E-state index contributed by atoms with van der Waals surface area (Å²) < 4.78 is 0. The number of para-hydroxylation sites is 1. The lowest BCUT2D eigenvalue weighted by molar-refractivity contribution is -0.130. The van der Waals surface area contributed by atoms with Crippen molar-refractivity contribution in [3.8, 4) is 0 Å². The summed E-state index contributed by atoms with van der Waals surface area (Å²) in [4.78, 5) is 14.8. The summed E-state index contributed by atoms with van der Waals surface area (Å²) in [6, 6.07) is 7.92. The molecule has 128 valence electrons. The number of nitrogens with zero attached hydrogens (tertiary/aromatic N) is 3. The van der Waals surface area contributed by atoms with E-state index in [-0.39, 0.29) is 5.91 Å². The minimum Gasteiger partial charge on any atom is -0.342 e. The van der Waals surface area contributed by atoms with E-state index in [9.17, 15) is 4.79 Å². The molecule has 0 saturated heterocycles. The maximum atomic E-state index is 12.8. The van der Waals surface area contributed by atoms with Crippen LogP contribution in [-0.4, -0.2) is 44.3 Å². The van der Waals surface area contributed by atoms with E-state index < -0.39 is 0 Å². The summed E-state index contributed by atoms with van der Waals surface area (Å²) in [6.07, 6.45) is 4.67. The Hall–Kier alpha value is -2.63. The normalized spacial score (nSPS) is 17.5. The molecule has 0 unspecified atom stereocenters. The highest BCUT2D eigenvalue weighted by atomic mass is 16.2. The molecule has 0 atom stereocenters. The van der Waals surface area contributed by atoms with Crippen LogP contribution in [-0.2, 0) is 24.1 Å². The monoisotopic (exact) mass is 335 g/mol. The van der Waals surface area contributed by atoms with Gasteiger partial charge in [0.05, 0.1) is 23.3 Å². The summed E-state index contributed by atoms with van der Waals surface area (Å²) >= 11 is 0. The Labute approximate surface area is 145 Å². The molecule has 3 aromatic rings. The van der Waals surface area contributed by atoms with Gasteiger partial charge in [-0.3, -0.25) is 15.0 Å². The number of carbonyl (C=O) groups is 1. The van der Waals surface area contributed by atoms with Gasteiger partial charge in [0, 0.05) is 36.5 Å². The summed E-state index contributed by atoms with van der Waals surface area (Å²) in [5, 5.41) is 16.1. The minimum atomic E-state index is 0.167. The number of aromatic nitrogens is 4. The smallest absolute Gasteiger partial charge is 0.228 e. The third-order valence-electron chi connectivity index (χ3n) is 5.43. The van der Waals surface area contributed by atoms with E-state index in [1.54, 1.807) is 0 Å². The second kappa shape index (κ2) is 5.72. The summed E-state index contributed by atoms with van der Waals surface area (Å²) in [7, 11) is 0. The first-order valence-electron chi connectivity index (χ1n) is 9.05. The first kappa shape index (κ1) is 14.7. The van der Waals surface area contributed by atoms with E-state index >= 15 is 0 Å². The van der Waals surface area contributed by atoms with Crippen molar-refractivity contribution in [3.63, 3.8) is 0 Å². The number of fused-ring (bicyclic) bond motifs is 2. The zero-order valence-electron chi connectivity index (χ0n) is 14.1. The van der Waals surface area contributed by atoms with E-state index in [4.69, 9.17) is 0 Å². The fraction of sp³-hybridized carbons (Fsp3) is 0.421. The van der Waals surface area contributed by atoms with E-state index in [2.05, 4.69) is 20.4 Å². The zero-order chi connectivity index (χ0) is 16.8. The van der Waals surface area contributed by atoms with Gasteiger partial charge in [-0.2, -0.15) is 10.2 Å². The largest absolute Gasteiger partial charge is 0.342 e. The number of hydrogen-bond donors (Lipinski definition) is 2. The fourth-order valence-corrected chi connectivity index (χ4v) is 3.86. The van der Waals surface area contributed by atoms with Crippen LogP contribution in [0.2, 0.25) is 0 Å². The average molecular weight is 335 g/mol. The van der Waals surface area contributed by atoms with Crippen LogP contribution in [0.3, 0.4) is 0 Å². The van der Waals surface area contributed by atoms with Crippen LogP contribution in [0.5, 0.6) is 0 Å². The number of hydrogen-bond acceptors (Lipinski definition) is 3. The van der Waals surface area contributed by atoms with Crippen LogP contribution >= 0.6 is 0 Å². The van der Waals surface area contributed by atoms with Crippen molar-refractivity contribution < 1.29 is 4.79 Å². The van der Waals surface area contributed by atoms with Gasteiger partial charge in [-0.05, 0) is 30.9 Å². The number of benzene rings is 1.